The molecule has 2 aliphatic heterocycles. The maximum atomic E-state index is 14.6. The van der Waals surface area contributed by atoms with Crippen LogP contribution in [0, 0.1) is 11.3 Å². The third kappa shape index (κ3) is 7.95. The predicted molar refractivity (Wildman–Crippen MR) is 191 cm³/mol. The van der Waals surface area contributed by atoms with E-state index in [9.17, 15) is 40.7 Å². The first-order chi connectivity index (χ1) is 25.9. The van der Waals surface area contributed by atoms with E-state index in [4.69, 9.17) is 14.9 Å². The van der Waals surface area contributed by atoms with Gasteiger partial charge in [-0.1, -0.05) is 48.6 Å². The lowest BCUT2D eigenvalue weighted by Crippen LogP contribution is -2.56. The number of aromatic nitrogens is 1. The minimum absolute atomic E-state index is 0.0708. The number of Topliss-reactive ketones (excluding diaryl/α,β-unsaturated/α-hetero) is 1. The molecule has 2 N–H and O–H groups in total. The molecule has 3 aromatic rings. The van der Waals surface area contributed by atoms with Crippen LogP contribution in [-0.4, -0.2) is 77.8 Å². The highest BCUT2D eigenvalue weighted by Gasteiger charge is 2.73. The minimum atomic E-state index is -5.88. The summed E-state index contributed by atoms with van der Waals surface area (Å²) in [6, 6.07) is 12.6. The molecule has 1 aromatic heterocycles. The Morgan fingerprint density at radius 3 is 2.29 bits per heavy atom. The number of nitrogens with one attached hydrogen (secondary N) is 2. The molecule has 0 bridgehead atoms. The van der Waals surface area contributed by atoms with Crippen LogP contribution >= 0.6 is 0 Å². The molecular weight excluding hydrogens is 732 g/mol. The highest BCUT2D eigenvalue weighted by molar-refractivity contribution is 6.21. The maximum Gasteiger partial charge on any atom is 0.430 e. The first kappa shape index (κ1) is 40.9. The summed E-state index contributed by atoms with van der Waals surface area (Å²) < 4.78 is 98.2. The second-order valence-electron chi connectivity index (χ2n) is 13.7. The second-order valence-corrected chi connectivity index (χ2v) is 13.7. The summed E-state index contributed by atoms with van der Waals surface area (Å²) >= 11 is 0. The third-order valence-electron chi connectivity index (χ3n) is 9.62. The van der Waals surface area contributed by atoms with Crippen LogP contribution in [0.3, 0.4) is 0 Å². The van der Waals surface area contributed by atoms with Crippen LogP contribution < -0.4 is 15.0 Å². The lowest BCUT2D eigenvalue weighted by Gasteiger charge is -2.42. The van der Waals surface area contributed by atoms with Crippen molar-refractivity contribution in [1.29, 1.82) is 5.41 Å². The molecule has 2 saturated heterocycles. The number of ether oxygens (including phenoxy) is 2. The van der Waals surface area contributed by atoms with E-state index in [-0.39, 0.29) is 42.6 Å². The normalized spacial score (nSPS) is 21.0. The monoisotopic (exact) mass is 773 g/mol. The van der Waals surface area contributed by atoms with Gasteiger partial charge in [0.05, 0.1) is 24.6 Å². The Kier molecular flexibility index (Phi) is 11.8. The van der Waals surface area contributed by atoms with Crippen molar-refractivity contribution < 1.29 is 50.2 Å². The average molecular weight is 774 g/mol. The van der Waals surface area contributed by atoms with E-state index in [1.165, 1.54) is 59.6 Å². The average Bonchev–Trinajstić information content (AvgIpc) is 3.36. The number of allylic oxidation sites excluding steroid dienone is 1. The molecule has 3 atom stereocenters. The number of hydrogen-bond donors (Lipinski definition) is 2. The number of rotatable bonds is 12. The van der Waals surface area contributed by atoms with Gasteiger partial charge in [-0.3, -0.25) is 19.4 Å². The van der Waals surface area contributed by atoms with Gasteiger partial charge in [-0.05, 0) is 63.1 Å². The molecule has 0 aliphatic carbocycles. The number of halogens is 6. The van der Waals surface area contributed by atoms with Crippen LogP contribution in [0.25, 0.3) is 6.08 Å². The number of ketones is 1. The summed E-state index contributed by atoms with van der Waals surface area (Å²) in [7, 11) is 0. The van der Waals surface area contributed by atoms with Crippen LogP contribution in [0.1, 0.15) is 56.5 Å². The summed E-state index contributed by atoms with van der Waals surface area (Å²) in [4.78, 5) is 47.7. The summed E-state index contributed by atoms with van der Waals surface area (Å²) in [5, 5.41) is 10.6. The standard InChI is InChI=1S/C39H41F6N5O5/c1-5-9-27-18-28(37(38(40,41)42,39(43,44)45)54-22-26-10-7-6-8-11-26)12-14-31(27)50-17-16-49(21-25(50)4)33(51)19-30-34(52)36(23-46,48-35(30)53)32-15-13-29(20-47-32)55-24(2)3/h5-15,18,20,23-25,30,46H,16-17,19,21-22H2,1-4H3,(H,48,53). The van der Waals surface area contributed by atoms with Crippen molar-refractivity contribution in [1.82, 2.24) is 15.2 Å². The van der Waals surface area contributed by atoms with Crippen LogP contribution in [0.2, 0.25) is 0 Å². The van der Waals surface area contributed by atoms with Gasteiger partial charge in [0.1, 0.15) is 11.7 Å². The fourth-order valence-corrected chi connectivity index (χ4v) is 6.94. The van der Waals surface area contributed by atoms with Crippen LogP contribution in [0.4, 0.5) is 32.0 Å². The van der Waals surface area contributed by atoms with Crippen LogP contribution in [-0.2, 0) is 36.9 Å². The molecule has 0 radical (unpaired) electrons. The number of pyridine rings is 1. The number of carbonyl (C=O) groups is 3. The Morgan fingerprint density at radius 1 is 1.04 bits per heavy atom. The molecule has 10 nitrogen and oxygen atoms in total. The summed E-state index contributed by atoms with van der Waals surface area (Å²) in [5.74, 6) is -2.95. The second kappa shape index (κ2) is 15.8. The summed E-state index contributed by atoms with van der Waals surface area (Å²) in [5.41, 5.74) is -7.04. The number of anilines is 1. The van der Waals surface area contributed by atoms with Gasteiger partial charge >= 0.3 is 12.4 Å². The summed E-state index contributed by atoms with van der Waals surface area (Å²) in [6.45, 7) is 6.28. The number of amides is 2. The molecule has 0 saturated carbocycles. The van der Waals surface area contributed by atoms with Gasteiger partial charge in [0, 0.05) is 49.6 Å². The molecule has 2 aliphatic rings. The molecule has 55 heavy (non-hydrogen) atoms. The van der Waals surface area contributed by atoms with Crippen molar-refractivity contribution in [3.8, 4) is 5.75 Å². The molecular formula is C39H41F6N5O5. The number of alkyl halides is 6. The van der Waals surface area contributed by atoms with Gasteiger partial charge in [-0.2, -0.15) is 26.3 Å². The van der Waals surface area contributed by atoms with Crippen molar-refractivity contribution in [2.45, 2.75) is 76.4 Å². The molecule has 16 heteroatoms. The van der Waals surface area contributed by atoms with Crippen molar-refractivity contribution >= 4 is 35.6 Å². The van der Waals surface area contributed by atoms with E-state index in [0.29, 0.717) is 11.4 Å². The lowest BCUT2D eigenvalue weighted by molar-refractivity contribution is -0.392. The van der Waals surface area contributed by atoms with Gasteiger partial charge in [0.15, 0.2) is 11.3 Å². The molecule has 2 aromatic carbocycles. The van der Waals surface area contributed by atoms with Crippen molar-refractivity contribution in [2.75, 3.05) is 24.5 Å². The Morgan fingerprint density at radius 2 is 1.73 bits per heavy atom. The van der Waals surface area contributed by atoms with Crippen molar-refractivity contribution in [2.24, 2.45) is 5.92 Å². The fraction of sp³-hybridized carbons (Fsp3) is 0.410. The Hall–Kier alpha value is -5.25. The van der Waals surface area contributed by atoms with Crippen molar-refractivity contribution in [3.05, 3.63) is 95.3 Å². The number of piperazine rings is 1. The number of hydrogen-bond acceptors (Lipinski definition) is 8. The molecule has 2 amide bonds. The summed E-state index contributed by atoms with van der Waals surface area (Å²) in [6.07, 6.45) is -7.35. The Labute approximate surface area is 314 Å². The van der Waals surface area contributed by atoms with E-state index in [0.717, 1.165) is 18.3 Å². The molecule has 2 fully saturated rings. The highest BCUT2D eigenvalue weighted by Crippen LogP contribution is 2.54. The maximum absolute atomic E-state index is 14.6. The van der Waals surface area contributed by atoms with E-state index in [1.54, 1.807) is 30.9 Å². The van der Waals surface area contributed by atoms with E-state index < -0.39 is 71.6 Å². The largest absolute Gasteiger partial charge is 0.489 e. The third-order valence-corrected chi connectivity index (χ3v) is 9.62. The van der Waals surface area contributed by atoms with Crippen LogP contribution in [0.15, 0.2) is 72.9 Å². The first-order valence-corrected chi connectivity index (χ1v) is 17.5. The van der Waals surface area contributed by atoms with Gasteiger partial charge in [0.2, 0.25) is 11.8 Å². The zero-order chi connectivity index (χ0) is 40.3. The van der Waals surface area contributed by atoms with Crippen molar-refractivity contribution in [3.63, 3.8) is 0 Å². The van der Waals surface area contributed by atoms with Gasteiger partial charge in [-0.15, -0.1) is 0 Å². The fourth-order valence-electron chi connectivity index (χ4n) is 6.94. The SMILES string of the molecule is CC=Cc1cc(C(OCc2ccccc2)(C(F)(F)F)C(F)(F)F)ccc1N1CCN(C(=O)CC2C(=O)NC(C=N)(c3ccc(OC(C)C)cn3)C2=O)CC1C. The Bertz CT molecular complexity index is 1900. The lowest BCUT2D eigenvalue weighted by atomic mass is 9.86. The smallest absolute Gasteiger partial charge is 0.430 e. The van der Waals surface area contributed by atoms with E-state index in [1.807, 2.05) is 13.8 Å². The molecule has 0 spiro atoms. The van der Waals surface area contributed by atoms with Gasteiger partial charge < -0.3 is 30.0 Å². The van der Waals surface area contributed by atoms with E-state index >= 15 is 0 Å². The number of nitrogens with zero attached hydrogens (tertiary/aromatic N) is 3. The molecule has 3 unspecified atom stereocenters. The predicted octanol–water partition coefficient (Wildman–Crippen LogP) is 6.73. The first-order valence-electron chi connectivity index (χ1n) is 17.5. The topological polar surface area (TPSA) is 125 Å². The Balaban J connectivity index is 1.34. The zero-order valence-electron chi connectivity index (χ0n) is 30.5. The number of carbonyl (C=O) groups excluding carboxylic acids is 3. The number of benzene rings is 2. The minimum Gasteiger partial charge on any atom is -0.489 e. The quantitative estimate of drug-likeness (QED) is 0.119. The zero-order valence-corrected chi connectivity index (χ0v) is 30.5. The molecule has 294 valence electrons. The van der Waals surface area contributed by atoms with Gasteiger partial charge in [0.25, 0.3) is 5.60 Å². The van der Waals surface area contributed by atoms with E-state index in [2.05, 4.69) is 10.3 Å². The van der Waals surface area contributed by atoms with Crippen LogP contribution in [0.5, 0.6) is 5.75 Å². The van der Waals surface area contributed by atoms with Gasteiger partial charge in [-0.25, -0.2) is 0 Å². The molecule has 3 heterocycles. The molecule has 5 rings (SSSR count). The highest BCUT2D eigenvalue weighted by atomic mass is 19.4.